The van der Waals surface area contributed by atoms with Gasteiger partial charge in [-0.15, -0.1) is 0 Å². The van der Waals surface area contributed by atoms with Crippen molar-refractivity contribution in [1.29, 1.82) is 0 Å². The lowest BCUT2D eigenvalue weighted by Crippen LogP contribution is -2.49. The second kappa shape index (κ2) is 12.3. The van der Waals surface area contributed by atoms with Crippen LogP contribution in [0, 0.1) is 5.92 Å². The van der Waals surface area contributed by atoms with E-state index in [2.05, 4.69) is 19.2 Å². The fraction of sp³-hybridized carbons (Fsp3) is 0.435. The molecule has 2 atom stereocenters. The van der Waals surface area contributed by atoms with Crippen molar-refractivity contribution < 1.29 is 14.3 Å². The topological polar surface area (TPSA) is 73.6 Å². The first-order chi connectivity index (χ1) is 13.5. The van der Waals surface area contributed by atoms with Gasteiger partial charge in [0.25, 0.3) is 0 Å². The number of ether oxygens (including phenoxy) is 2. The highest BCUT2D eigenvalue weighted by atomic mass is 16.5. The molecule has 2 unspecified atom stereocenters. The molecule has 2 aromatic rings. The Hall–Kier alpha value is -2.21. The van der Waals surface area contributed by atoms with Crippen LogP contribution in [0.15, 0.2) is 60.7 Å². The highest BCUT2D eigenvalue weighted by molar-refractivity contribution is 5.81. The Kier molecular flexibility index (Phi) is 9.69. The molecule has 0 heterocycles. The van der Waals surface area contributed by atoms with E-state index >= 15 is 0 Å². The van der Waals surface area contributed by atoms with Crippen LogP contribution in [0.4, 0.5) is 0 Å². The van der Waals surface area contributed by atoms with E-state index in [9.17, 15) is 4.79 Å². The molecule has 0 aliphatic carbocycles. The van der Waals surface area contributed by atoms with Gasteiger partial charge in [-0.05, 0) is 23.5 Å². The Morgan fingerprint density at radius 1 is 0.893 bits per heavy atom. The Morgan fingerprint density at radius 3 is 1.89 bits per heavy atom. The van der Waals surface area contributed by atoms with E-state index in [0.29, 0.717) is 25.7 Å². The largest absolute Gasteiger partial charge is 0.375 e. The lowest BCUT2D eigenvalue weighted by molar-refractivity contribution is -0.125. The van der Waals surface area contributed by atoms with Gasteiger partial charge < -0.3 is 20.5 Å². The summed E-state index contributed by atoms with van der Waals surface area (Å²) in [5, 5.41) is 3.01. The molecule has 0 aromatic heterocycles. The third-order valence-electron chi connectivity index (χ3n) is 4.28. The Labute approximate surface area is 168 Å². The van der Waals surface area contributed by atoms with Gasteiger partial charge in [0, 0.05) is 0 Å². The van der Waals surface area contributed by atoms with Gasteiger partial charge in [0.2, 0.25) is 5.91 Å². The number of hydrogen-bond donors (Lipinski definition) is 2. The fourth-order valence-electron chi connectivity index (χ4n) is 2.89. The molecule has 0 saturated heterocycles. The molecule has 0 radical (unpaired) electrons. The van der Waals surface area contributed by atoms with Crippen molar-refractivity contribution in [3.8, 4) is 0 Å². The average Bonchev–Trinajstić information content (AvgIpc) is 2.69. The van der Waals surface area contributed by atoms with E-state index in [-0.39, 0.29) is 18.6 Å². The van der Waals surface area contributed by atoms with Crippen molar-refractivity contribution in [2.75, 3.05) is 13.2 Å². The van der Waals surface area contributed by atoms with Gasteiger partial charge in [-0.1, -0.05) is 74.5 Å². The quantitative estimate of drug-likeness (QED) is 0.589. The van der Waals surface area contributed by atoms with Gasteiger partial charge >= 0.3 is 0 Å². The average molecular weight is 385 g/mol. The summed E-state index contributed by atoms with van der Waals surface area (Å²) in [5.41, 5.74) is 8.17. The summed E-state index contributed by atoms with van der Waals surface area (Å²) < 4.78 is 11.4. The monoisotopic (exact) mass is 384 g/mol. The number of amides is 1. The van der Waals surface area contributed by atoms with Crippen LogP contribution < -0.4 is 11.1 Å². The lowest BCUT2D eigenvalue weighted by atomic mass is 10.0. The molecule has 2 aromatic carbocycles. The van der Waals surface area contributed by atoms with E-state index in [1.54, 1.807) is 0 Å². The first-order valence-corrected chi connectivity index (χ1v) is 9.84. The second-order valence-electron chi connectivity index (χ2n) is 7.44. The third-order valence-corrected chi connectivity index (χ3v) is 4.28. The van der Waals surface area contributed by atoms with Crippen LogP contribution in [0.25, 0.3) is 0 Å². The minimum atomic E-state index is -0.701. The first kappa shape index (κ1) is 22.1. The molecule has 2 rings (SSSR count). The zero-order valence-electron chi connectivity index (χ0n) is 16.8. The number of rotatable bonds is 12. The maximum Gasteiger partial charge on any atom is 0.239 e. The van der Waals surface area contributed by atoms with E-state index in [1.165, 1.54) is 0 Å². The molecule has 0 spiro atoms. The SMILES string of the molecule is CC(C)CC(COCc1ccccc1)NC(=O)C(N)COCc1ccccc1. The molecular formula is C23H32N2O3. The molecule has 0 saturated carbocycles. The normalized spacial score (nSPS) is 13.3. The molecule has 0 fully saturated rings. The summed E-state index contributed by atoms with van der Waals surface area (Å²) in [5.74, 6) is 0.234. The number of carbonyl (C=O) groups is 1. The summed E-state index contributed by atoms with van der Waals surface area (Å²) in [6, 6.07) is 19.1. The maximum absolute atomic E-state index is 12.4. The lowest BCUT2D eigenvalue weighted by Gasteiger charge is -2.23. The van der Waals surface area contributed by atoms with E-state index in [1.807, 2.05) is 60.7 Å². The first-order valence-electron chi connectivity index (χ1n) is 9.84. The molecule has 28 heavy (non-hydrogen) atoms. The van der Waals surface area contributed by atoms with Gasteiger partial charge in [0.1, 0.15) is 6.04 Å². The maximum atomic E-state index is 12.4. The molecule has 0 bridgehead atoms. The van der Waals surface area contributed by atoms with Crippen molar-refractivity contribution in [2.24, 2.45) is 11.7 Å². The smallest absolute Gasteiger partial charge is 0.239 e. The highest BCUT2D eigenvalue weighted by Gasteiger charge is 2.19. The molecule has 5 heteroatoms. The standard InChI is InChI=1S/C23H32N2O3/c1-18(2)13-21(16-27-14-19-9-5-3-6-10-19)25-23(26)22(24)17-28-15-20-11-7-4-8-12-20/h3-12,18,21-22H,13-17,24H2,1-2H3,(H,25,26). The van der Waals surface area contributed by atoms with Crippen LogP contribution in [0.1, 0.15) is 31.4 Å². The fourth-order valence-corrected chi connectivity index (χ4v) is 2.89. The Balaban J connectivity index is 1.74. The zero-order chi connectivity index (χ0) is 20.2. The number of benzene rings is 2. The minimum Gasteiger partial charge on any atom is -0.375 e. The van der Waals surface area contributed by atoms with Crippen LogP contribution >= 0.6 is 0 Å². The van der Waals surface area contributed by atoms with Crippen molar-refractivity contribution in [1.82, 2.24) is 5.32 Å². The Morgan fingerprint density at radius 2 is 1.39 bits per heavy atom. The highest BCUT2D eigenvalue weighted by Crippen LogP contribution is 2.08. The molecule has 1 amide bonds. The molecule has 5 nitrogen and oxygen atoms in total. The van der Waals surface area contributed by atoms with Crippen LogP contribution in [-0.2, 0) is 27.5 Å². The van der Waals surface area contributed by atoms with Gasteiger partial charge in [-0.3, -0.25) is 4.79 Å². The number of nitrogens with two attached hydrogens (primary N) is 1. The molecule has 0 aliphatic heterocycles. The summed E-state index contributed by atoms with van der Waals surface area (Å²) >= 11 is 0. The Bertz CT molecular complexity index is 677. The summed E-state index contributed by atoms with van der Waals surface area (Å²) in [6.07, 6.45) is 0.831. The summed E-state index contributed by atoms with van der Waals surface area (Å²) in [4.78, 5) is 12.4. The van der Waals surface area contributed by atoms with E-state index < -0.39 is 6.04 Å². The molecule has 0 aliphatic rings. The predicted octanol–water partition coefficient (Wildman–Crippen LogP) is 3.28. The van der Waals surface area contributed by atoms with Crippen molar-refractivity contribution in [3.05, 3.63) is 71.8 Å². The third kappa shape index (κ3) is 8.65. The number of hydrogen-bond acceptors (Lipinski definition) is 4. The molecule has 152 valence electrons. The van der Waals surface area contributed by atoms with E-state index in [4.69, 9.17) is 15.2 Å². The van der Waals surface area contributed by atoms with Gasteiger partial charge in [0.05, 0.1) is 32.5 Å². The summed E-state index contributed by atoms with van der Waals surface area (Å²) in [6.45, 7) is 5.85. The minimum absolute atomic E-state index is 0.0728. The number of carbonyl (C=O) groups excluding carboxylic acids is 1. The number of nitrogens with one attached hydrogen (secondary N) is 1. The van der Waals surface area contributed by atoms with E-state index in [0.717, 1.165) is 17.5 Å². The van der Waals surface area contributed by atoms with Crippen LogP contribution in [0.3, 0.4) is 0 Å². The van der Waals surface area contributed by atoms with Crippen molar-refractivity contribution in [3.63, 3.8) is 0 Å². The van der Waals surface area contributed by atoms with Crippen LogP contribution in [-0.4, -0.2) is 31.2 Å². The molecule has 3 N–H and O–H groups in total. The van der Waals surface area contributed by atoms with Crippen LogP contribution in [0.5, 0.6) is 0 Å². The zero-order valence-corrected chi connectivity index (χ0v) is 16.8. The van der Waals surface area contributed by atoms with Crippen LogP contribution in [0.2, 0.25) is 0 Å². The van der Waals surface area contributed by atoms with Gasteiger partial charge in [-0.25, -0.2) is 0 Å². The van der Waals surface area contributed by atoms with Crippen molar-refractivity contribution >= 4 is 5.91 Å². The van der Waals surface area contributed by atoms with Gasteiger partial charge in [-0.2, -0.15) is 0 Å². The van der Waals surface area contributed by atoms with Gasteiger partial charge in [0.15, 0.2) is 0 Å². The second-order valence-corrected chi connectivity index (χ2v) is 7.44. The predicted molar refractivity (Wildman–Crippen MR) is 112 cm³/mol. The van der Waals surface area contributed by atoms with Crippen molar-refractivity contribution in [2.45, 2.75) is 45.6 Å². The molecular weight excluding hydrogens is 352 g/mol. The summed E-state index contributed by atoms with van der Waals surface area (Å²) in [7, 11) is 0.